The van der Waals surface area contributed by atoms with Crippen LogP contribution >= 0.6 is 0 Å². The van der Waals surface area contributed by atoms with E-state index < -0.39 is 10.8 Å². The number of nitrogens with zero attached hydrogens (tertiary/aromatic N) is 1. The fourth-order valence-electron chi connectivity index (χ4n) is 3.63. The Morgan fingerprint density at radius 1 is 0.586 bits per heavy atom. The van der Waals surface area contributed by atoms with Crippen molar-refractivity contribution in [2.24, 2.45) is 0 Å². The number of carbonyl (C=O) groups is 1. The van der Waals surface area contributed by atoms with E-state index in [1.807, 2.05) is 103 Å². The fourth-order valence-corrected chi connectivity index (χ4v) is 4.97. The molecule has 4 aromatic rings. The molecule has 0 atom stereocenters. The Kier molecular flexibility index (Phi) is 4.34. The number of fused-ring (bicyclic) bond motifs is 2. The number of para-hydroxylation sites is 2. The van der Waals surface area contributed by atoms with Crippen LogP contribution in [0.15, 0.2) is 113 Å². The number of hydrogen-bond acceptors (Lipinski definition) is 2. The maximum absolute atomic E-state index is 13.5. The van der Waals surface area contributed by atoms with Crippen LogP contribution in [0.3, 0.4) is 0 Å². The zero-order valence-corrected chi connectivity index (χ0v) is 16.3. The van der Waals surface area contributed by atoms with Gasteiger partial charge < -0.3 is 0 Å². The van der Waals surface area contributed by atoms with Crippen molar-refractivity contribution in [3.8, 4) is 11.1 Å². The maximum Gasteiger partial charge on any atom is 0.262 e. The Labute approximate surface area is 171 Å². The second-order valence-electron chi connectivity index (χ2n) is 6.79. The largest absolute Gasteiger partial charge is 0.275 e. The predicted octanol–water partition coefficient (Wildman–Crippen LogP) is 5.81. The lowest BCUT2D eigenvalue weighted by molar-refractivity contribution is 0.0998. The van der Waals surface area contributed by atoms with E-state index in [9.17, 15) is 9.00 Å². The highest BCUT2D eigenvalue weighted by Crippen LogP contribution is 2.42. The minimum absolute atomic E-state index is 0.138. The van der Waals surface area contributed by atoms with Crippen LogP contribution in [0.5, 0.6) is 0 Å². The summed E-state index contributed by atoms with van der Waals surface area (Å²) in [6, 6.07) is 32.4. The minimum Gasteiger partial charge on any atom is -0.275 e. The van der Waals surface area contributed by atoms with E-state index in [1.165, 1.54) is 0 Å². The van der Waals surface area contributed by atoms with Gasteiger partial charge in [-0.05, 0) is 47.5 Å². The van der Waals surface area contributed by atoms with Crippen molar-refractivity contribution in [1.29, 1.82) is 0 Å². The van der Waals surface area contributed by atoms with Crippen molar-refractivity contribution >= 4 is 28.1 Å². The smallest absolute Gasteiger partial charge is 0.262 e. The molecule has 0 saturated heterocycles. The van der Waals surface area contributed by atoms with Gasteiger partial charge in [-0.15, -0.1) is 0 Å². The minimum atomic E-state index is -1.31. The Bertz CT molecular complexity index is 1180. The number of benzene rings is 4. The Morgan fingerprint density at radius 3 is 1.66 bits per heavy atom. The summed E-state index contributed by atoms with van der Waals surface area (Å²) < 4.78 is 13.0. The summed E-state index contributed by atoms with van der Waals surface area (Å²) in [4.78, 5) is 16.5. The van der Waals surface area contributed by atoms with E-state index in [1.54, 1.807) is 4.90 Å². The van der Waals surface area contributed by atoms with Crippen LogP contribution < -0.4 is 4.90 Å². The molecule has 1 aliphatic rings. The first kappa shape index (κ1) is 17.6. The highest BCUT2D eigenvalue weighted by Gasteiger charge is 2.32. The van der Waals surface area contributed by atoms with Gasteiger partial charge in [0.25, 0.3) is 5.91 Å². The molecule has 0 N–H and O–H groups in total. The molecule has 4 aromatic carbocycles. The van der Waals surface area contributed by atoms with Gasteiger partial charge in [-0.1, -0.05) is 66.7 Å². The zero-order chi connectivity index (χ0) is 19.8. The molecule has 29 heavy (non-hydrogen) atoms. The molecule has 0 aromatic heterocycles. The maximum atomic E-state index is 13.5. The van der Waals surface area contributed by atoms with E-state index in [2.05, 4.69) is 0 Å². The average molecular weight is 395 g/mol. The lowest BCUT2D eigenvalue weighted by Gasteiger charge is -2.31. The molecule has 0 unspecified atom stereocenters. The molecule has 0 saturated carbocycles. The number of hydrogen-bond donors (Lipinski definition) is 0. The molecule has 3 nitrogen and oxygen atoms in total. The average Bonchev–Trinajstić information content (AvgIpc) is 2.80. The molecule has 1 aliphatic heterocycles. The van der Waals surface area contributed by atoms with Gasteiger partial charge in [-0.25, -0.2) is 4.21 Å². The zero-order valence-electron chi connectivity index (χ0n) is 15.5. The summed E-state index contributed by atoms with van der Waals surface area (Å²) in [5.41, 5.74) is 4.09. The van der Waals surface area contributed by atoms with Crippen molar-refractivity contribution in [2.75, 3.05) is 4.90 Å². The topological polar surface area (TPSA) is 37.4 Å². The molecule has 0 aliphatic carbocycles. The molecule has 5 rings (SSSR count). The van der Waals surface area contributed by atoms with Gasteiger partial charge in [0.05, 0.1) is 32.0 Å². The summed E-state index contributed by atoms with van der Waals surface area (Å²) in [5, 5.41) is 0. The van der Waals surface area contributed by atoms with Gasteiger partial charge in [-0.2, -0.15) is 0 Å². The fraction of sp³-hybridized carbons (Fsp3) is 0. The second-order valence-corrected chi connectivity index (χ2v) is 8.21. The lowest BCUT2D eigenvalue weighted by atomic mass is 10.0. The summed E-state index contributed by atoms with van der Waals surface area (Å²) in [6.45, 7) is 0. The van der Waals surface area contributed by atoms with Crippen LogP contribution in [0, 0.1) is 0 Å². The second kappa shape index (κ2) is 7.15. The van der Waals surface area contributed by atoms with Gasteiger partial charge in [-0.3, -0.25) is 9.69 Å². The Hall–Kier alpha value is -3.50. The quantitative estimate of drug-likeness (QED) is 0.429. The van der Waals surface area contributed by atoms with Gasteiger partial charge in [0.1, 0.15) is 0 Å². The summed E-state index contributed by atoms with van der Waals surface area (Å²) in [5.74, 6) is -0.138. The lowest BCUT2D eigenvalue weighted by Crippen LogP contribution is -2.30. The van der Waals surface area contributed by atoms with Crippen LogP contribution in [0.2, 0.25) is 0 Å². The van der Waals surface area contributed by atoms with E-state index in [0.29, 0.717) is 26.7 Å². The number of amides is 1. The molecule has 0 fully saturated rings. The number of rotatable bonds is 2. The molecule has 0 bridgehead atoms. The van der Waals surface area contributed by atoms with Crippen molar-refractivity contribution in [1.82, 2.24) is 0 Å². The molecule has 140 valence electrons. The molecule has 1 amide bonds. The van der Waals surface area contributed by atoms with E-state index in [4.69, 9.17) is 0 Å². The highest BCUT2D eigenvalue weighted by atomic mass is 32.2. The van der Waals surface area contributed by atoms with Crippen molar-refractivity contribution in [2.45, 2.75) is 9.79 Å². The molecule has 1 heterocycles. The third-order valence-corrected chi connectivity index (χ3v) is 6.54. The van der Waals surface area contributed by atoms with Crippen LogP contribution in [-0.4, -0.2) is 10.1 Å². The van der Waals surface area contributed by atoms with Gasteiger partial charge >= 0.3 is 0 Å². The van der Waals surface area contributed by atoms with Gasteiger partial charge in [0.15, 0.2) is 0 Å². The summed E-state index contributed by atoms with van der Waals surface area (Å²) >= 11 is 0. The Morgan fingerprint density at radius 2 is 1.07 bits per heavy atom. The standard InChI is InChI=1S/C25H17NO2S/c27-25(20-16-14-19(15-17-20)18-8-2-1-3-9-18)26-21-10-4-6-12-23(21)29(28)24-13-7-5-11-22(24)26/h1-17H. The third-order valence-electron chi connectivity index (χ3n) is 5.05. The van der Waals surface area contributed by atoms with Gasteiger partial charge in [0.2, 0.25) is 0 Å². The molecular weight excluding hydrogens is 378 g/mol. The van der Waals surface area contributed by atoms with Gasteiger partial charge in [0, 0.05) is 5.56 Å². The summed E-state index contributed by atoms with van der Waals surface area (Å²) in [6.07, 6.45) is 0. The molecule has 0 spiro atoms. The molecular formula is C25H17NO2S. The van der Waals surface area contributed by atoms with Crippen LogP contribution in [0.1, 0.15) is 10.4 Å². The van der Waals surface area contributed by atoms with Crippen LogP contribution in [0.25, 0.3) is 11.1 Å². The highest BCUT2D eigenvalue weighted by molar-refractivity contribution is 7.85. The van der Waals surface area contributed by atoms with Crippen molar-refractivity contribution in [3.63, 3.8) is 0 Å². The number of anilines is 2. The number of carbonyl (C=O) groups excluding carboxylic acids is 1. The third kappa shape index (κ3) is 2.98. The predicted molar refractivity (Wildman–Crippen MR) is 116 cm³/mol. The van der Waals surface area contributed by atoms with E-state index in [-0.39, 0.29) is 5.91 Å². The SMILES string of the molecule is O=C(c1ccc(-c2ccccc2)cc1)N1c2ccccc2S(=O)c2ccccc21. The first-order valence-corrected chi connectivity index (χ1v) is 10.5. The molecule has 0 radical (unpaired) electrons. The van der Waals surface area contributed by atoms with Crippen molar-refractivity contribution < 1.29 is 9.00 Å². The van der Waals surface area contributed by atoms with E-state index >= 15 is 0 Å². The Balaban J connectivity index is 1.58. The normalized spacial score (nSPS) is 12.9. The van der Waals surface area contributed by atoms with Crippen LogP contribution in [0.4, 0.5) is 11.4 Å². The van der Waals surface area contributed by atoms with E-state index in [0.717, 1.165) is 11.1 Å². The first-order valence-electron chi connectivity index (χ1n) is 9.34. The molecule has 4 heteroatoms. The monoisotopic (exact) mass is 395 g/mol. The first-order chi connectivity index (χ1) is 14.2. The summed E-state index contributed by atoms with van der Waals surface area (Å²) in [7, 11) is -1.31. The van der Waals surface area contributed by atoms with Crippen molar-refractivity contribution in [3.05, 3.63) is 109 Å². The van der Waals surface area contributed by atoms with Crippen LogP contribution in [-0.2, 0) is 10.8 Å².